The number of fused-ring (bicyclic) bond motifs is 5. The van der Waals surface area contributed by atoms with E-state index in [2.05, 4.69) is 0 Å². The summed E-state index contributed by atoms with van der Waals surface area (Å²) in [6, 6.07) is -4.18. The molecule has 27 atom stereocenters. The number of rotatable bonds is 12. The second-order valence-corrected chi connectivity index (χ2v) is 23.0. The van der Waals surface area contributed by atoms with Crippen LogP contribution < -0.4 is 34.4 Å². The molecule has 448 valence electrons. The van der Waals surface area contributed by atoms with Crippen LogP contribution in [0.25, 0.3) is 0 Å². The summed E-state index contributed by atoms with van der Waals surface area (Å²) in [5.74, 6) is -2.80. The zero-order valence-electron chi connectivity index (χ0n) is 43.4. The van der Waals surface area contributed by atoms with E-state index in [1.165, 1.54) is 19.1 Å². The number of ether oxygens (including phenoxy) is 7. The molecule has 3 heterocycles. The fourth-order valence-corrected chi connectivity index (χ4v) is 13.2. The van der Waals surface area contributed by atoms with Crippen LogP contribution in [0.2, 0.25) is 0 Å². The van der Waals surface area contributed by atoms with Crippen LogP contribution in [0.3, 0.4) is 0 Å². The molecule has 7 fully saturated rings. The van der Waals surface area contributed by atoms with Gasteiger partial charge in [0.25, 0.3) is 0 Å². The van der Waals surface area contributed by atoms with Gasteiger partial charge in [0.05, 0.1) is 30.9 Å². The zero-order valence-corrected chi connectivity index (χ0v) is 44.3. The number of carbonyl (C=O) groups excluding carboxylic acids is 3. The van der Waals surface area contributed by atoms with E-state index in [1.807, 2.05) is 0 Å². The standard InChI is InChI=1S/C24H31FO6.C23H46N6O13.H2O4S/c1-13-9-18-17-6-5-15-10-16(27)7-8-21(15,3)23(17,25)19(28)11-22(18,4)24(13,30)20(29)12-31-14(2)26;24-2-7-13(32)15(34)10(28)21(37-7)40-18-6(27)1-5(26)12(31)20(18)42-23-17(36)19(9(4-30)39-23)41-22-11(29)16(35)14(33)8(3-25)38-22;1-5(2,3)4/h7-8,10,13,17-19,28,30H,5-6,9,11-12H2,1-4H3;5-23,30-36H,1-4,24-29H2;(H2,1,2,3,4)/t13-,17+,18+,19+,21+,22+,23+,24+;5-,6+,7-,8+,9-,10-,11-,12+,13-,14-,15-,16-,17-,18-,19-,20-,21-,22-,23+;/m11./s1. The van der Waals surface area contributed by atoms with Crippen LogP contribution in [0.5, 0.6) is 0 Å². The van der Waals surface area contributed by atoms with Crippen molar-refractivity contribution in [3.63, 3.8) is 0 Å². The van der Waals surface area contributed by atoms with E-state index < -0.39 is 192 Å². The molecule has 0 radical (unpaired) electrons. The topological polar surface area (TPSA) is 529 Å². The molecule has 29 nitrogen and oxygen atoms in total. The lowest BCUT2D eigenvalue weighted by atomic mass is 9.44. The summed E-state index contributed by atoms with van der Waals surface area (Å²) in [4.78, 5) is 36.2. The maximum absolute atomic E-state index is 17.0. The van der Waals surface area contributed by atoms with Crippen LogP contribution in [-0.4, -0.2) is 241 Å². The Bertz CT molecular complexity index is 2310. The van der Waals surface area contributed by atoms with Crippen LogP contribution in [0.15, 0.2) is 23.8 Å². The lowest BCUT2D eigenvalue weighted by Gasteiger charge is -2.62. The summed E-state index contributed by atoms with van der Waals surface area (Å²) < 4.78 is 88.1. The average molecular weight is 1150 g/mol. The number of nitrogens with two attached hydrogens (primary N) is 6. The minimum atomic E-state index is -4.67. The highest BCUT2D eigenvalue weighted by atomic mass is 32.3. The smallest absolute Gasteiger partial charge is 0.394 e. The van der Waals surface area contributed by atoms with Crippen LogP contribution in [0.4, 0.5) is 4.39 Å². The van der Waals surface area contributed by atoms with E-state index in [-0.39, 0.29) is 37.6 Å². The Morgan fingerprint density at radius 2 is 1.27 bits per heavy atom. The molecule has 3 saturated heterocycles. The van der Waals surface area contributed by atoms with Crippen LogP contribution in [0, 0.1) is 28.6 Å². The molecule has 0 amide bonds. The summed E-state index contributed by atoms with van der Waals surface area (Å²) >= 11 is 0. The number of carbonyl (C=O) groups is 3. The Balaban J connectivity index is 0.000000240. The SMILES string of the molecule is CC(=O)OCC(=O)[C@@]1(O)[C@H](C)C[C@H]2[C@@H]3CCC4=CC(=O)C=C[C@]4(C)[C@@]3(F)[C@@H](O)C[C@@]21C.NC[C@@H]1O[C@H](O[C@H]2[C@@H](O)[C@H](O[C@@H]3[C@@H](O)[C@H](N)C[C@H](N)[C@H]3O[C@H]3O[C@H](CN)[C@@H](O)[C@H](O)[C@H]3N)O[C@@H]2CO)[C@H](N)[C@@H](O)[C@@H]1O.O=S(=O)(O)O. The van der Waals surface area contributed by atoms with Crippen LogP contribution in [0.1, 0.15) is 59.8 Å². The molecule has 8 aliphatic rings. The number of alkyl halides is 1. The molecule has 0 spiro atoms. The number of Topliss-reactive ketones (excluding diaryl/α,β-unsaturated/α-hetero) is 1. The molecule has 0 unspecified atom stereocenters. The van der Waals surface area contributed by atoms with E-state index in [4.69, 9.17) is 85.1 Å². The van der Waals surface area contributed by atoms with Gasteiger partial charge in [0.1, 0.15) is 72.7 Å². The first-order valence-corrected chi connectivity index (χ1v) is 27.0. The van der Waals surface area contributed by atoms with E-state index >= 15 is 4.39 Å². The van der Waals surface area contributed by atoms with E-state index in [1.54, 1.807) is 26.8 Å². The third-order valence-electron chi connectivity index (χ3n) is 17.4. The number of hydrogen-bond acceptors (Lipinski definition) is 27. The molecule has 0 aromatic rings. The molecule has 78 heavy (non-hydrogen) atoms. The van der Waals surface area contributed by atoms with Gasteiger partial charge in [0.15, 0.2) is 36.9 Å². The highest BCUT2D eigenvalue weighted by Crippen LogP contribution is 2.70. The minimum Gasteiger partial charge on any atom is -0.458 e. The normalized spacial score (nSPS) is 48.9. The van der Waals surface area contributed by atoms with Gasteiger partial charge in [-0.25, -0.2) is 4.39 Å². The summed E-state index contributed by atoms with van der Waals surface area (Å²) in [6.45, 7) is 4.93. The number of aliphatic hydroxyl groups is 9. The molecule has 31 heteroatoms. The maximum atomic E-state index is 17.0. The van der Waals surface area contributed by atoms with Gasteiger partial charge in [-0.05, 0) is 63.0 Å². The predicted molar refractivity (Wildman–Crippen MR) is 262 cm³/mol. The Labute approximate surface area is 448 Å². The number of hydrogen-bond donors (Lipinski definition) is 17. The highest BCUT2D eigenvalue weighted by molar-refractivity contribution is 7.79. The number of aliphatic hydroxyl groups excluding tert-OH is 8. The lowest BCUT2D eigenvalue weighted by molar-refractivity contribution is -0.306. The van der Waals surface area contributed by atoms with Crippen molar-refractivity contribution in [3.8, 4) is 0 Å². The number of allylic oxidation sites excluding steroid dienone is 4. The Hall–Kier alpha value is -2.75. The predicted octanol–water partition coefficient (Wildman–Crippen LogP) is -7.08. The Kier molecular flexibility index (Phi) is 20.3. The van der Waals surface area contributed by atoms with Crippen molar-refractivity contribution in [3.05, 3.63) is 23.8 Å². The van der Waals surface area contributed by atoms with Crippen molar-refractivity contribution in [2.75, 3.05) is 26.3 Å². The average Bonchev–Trinajstić information content (AvgIpc) is 3.86. The second kappa shape index (κ2) is 24.6. The van der Waals surface area contributed by atoms with Gasteiger partial charge in [-0.15, -0.1) is 0 Å². The first kappa shape index (κ1) is 64.4. The number of halogens is 1. The number of ketones is 2. The van der Waals surface area contributed by atoms with Crippen molar-refractivity contribution in [1.29, 1.82) is 0 Å². The van der Waals surface area contributed by atoms with E-state index in [0.717, 1.165) is 0 Å². The first-order valence-electron chi connectivity index (χ1n) is 25.6. The monoisotopic (exact) mass is 1150 g/mol. The van der Waals surface area contributed by atoms with Crippen molar-refractivity contribution in [1.82, 2.24) is 0 Å². The van der Waals surface area contributed by atoms with Gasteiger partial charge in [-0.3, -0.25) is 23.5 Å². The molecule has 5 aliphatic carbocycles. The molecule has 3 aliphatic heterocycles. The van der Waals surface area contributed by atoms with Crippen molar-refractivity contribution in [2.24, 2.45) is 63.0 Å². The largest absolute Gasteiger partial charge is 0.458 e. The van der Waals surface area contributed by atoms with Crippen LogP contribution in [-0.2, 0) is 57.9 Å². The van der Waals surface area contributed by atoms with Crippen molar-refractivity contribution < 1.29 is 115 Å². The third kappa shape index (κ3) is 12.0. The van der Waals surface area contributed by atoms with Gasteiger partial charge in [0, 0.05) is 48.8 Å². The minimum absolute atomic E-state index is 0.0889. The molecular formula is C47H79FN6O23S. The van der Waals surface area contributed by atoms with Crippen molar-refractivity contribution in [2.45, 2.75) is 193 Å². The third-order valence-corrected chi connectivity index (χ3v) is 17.4. The van der Waals surface area contributed by atoms with Gasteiger partial charge in [0.2, 0.25) is 5.78 Å². The Morgan fingerprint density at radius 3 is 1.78 bits per heavy atom. The van der Waals surface area contributed by atoms with Gasteiger partial charge >= 0.3 is 16.4 Å². The van der Waals surface area contributed by atoms with Gasteiger partial charge in [-0.2, -0.15) is 8.42 Å². The fourth-order valence-electron chi connectivity index (χ4n) is 13.2. The molecule has 0 bridgehead atoms. The summed E-state index contributed by atoms with van der Waals surface area (Å²) in [7, 11) is -4.67. The van der Waals surface area contributed by atoms with E-state index in [0.29, 0.717) is 24.8 Å². The maximum Gasteiger partial charge on any atom is 0.394 e. The van der Waals surface area contributed by atoms with Crippen molar-refractivity contribution >= 4 is 27.9 Å². The summed E-state index contributed by atoms with van der Waals surface area (Å²) in [5, 5.41) is 95.9. The van der Waals surface area contributed by atoms with Gasteiger partial charge < -0.3 is 114 Å². The number of esters is 1. The zero-order chi connectivity index (χ0) is 58.5. The fraction of sp³-hybridized carbons (Fsp3) is 0.851. The summed E-state index contributed by atoms with van der Waals surface area (Å²) in [5.41, 5.74) is 30.3. The lowest BCUT2D eigenvalue weighted by Crippen LogP contribution is -2.69. The molecule has 4 saturated carbocycles. The second-order valence-electron chi connectivity index (χ2n) is 22.1. The van der Waals surface area contributed by atoms with E-state index in [9.17, 15) is 60.3 Å². The molecule has 8 rings (SSSR count). The molecule has 0 aromatic carbocycles. The highest BCUT2D eigenvalue weighted by Gasteiger charge is 2.75. The Morgan fingerprint density at radius 1 is 0.756 bits per heavy atom. The quantitative estimate of drug-likeness (QED) is 0.0638. The van der Waals surface area contributed by atoms with Gasteiger partial charge in [-0.1, -0.05) is 25.5 Å². The molecular weight excluding hydrogens is 1070 g/mol. The first-order chi connectivity index (χ1) is 36.2. The summed E-state index contributed by atoms with van der Waals surface area (Å²) in [6.07, 6.45) is -15.5. The molecule has 0 aromatic heterocycles. The van der Waals surface area contributed by atoms with Crippen LogP contribution >= 0.6 is 0 Å². The molecule has 23 N–H and O–H groups in total.